The van der Waals surface area contributed by atoms with Crippen LogP contribution < -0.4 is 10.6 Å². The van der Waals surface area contributed by atoms with Crippen LogP contribution in [0, 0.1) is 17.8 Å². The molecule has 3 aliphatic rings. The predicted octanol–water partition coefficient (Wildman–Crippen LogP) is 3.10. The highest BCUT2D eigenvalue weighted by Gasteiger charge is 2.79. The number of carbonyl (C=O) groups is 3. The number of rotatable bonds is 10. The zero-order valence-electron chi connectivity index (χ0n) is 22.1. The number of anilines is 1. The van der Waals surface area contributed by atoms with Crippen molar-refractivity contribution in [3.8, 4) is 0 Å². The van der Waals surface area contributed by atoms with Gasteiger partial charge in [-0.2, -0.15) is 0 Å². The molecule has 0 saturated carbocycles. The second-order valence-corrected chi connectivity index (χ2v) is 11.1. The molecular weight excluding hydrogens is 458 g/mol. The Hall–Kier alpha value is -2.45. The van der Waals surface area contributed by atoms with Gasteiger partial charge in [-0.1, -0.05) is 52.3 Å². The Kier molecular flexibility index (Phi) is 7.49. The highest BCUT2D eigenvalue weighted by atomic mass is 16.5. The van der Waals surface area contributed by atoms with Gasteiger partial charge in [-0.15, -0.1) is 0 Å². The van der Waals surface area contributed by atoms with Crippen LogP contribution in [0.5, 0.6) is 0 Å². The highest BCUT2D eigenvalue weighted by Crippen LogP contribution is 2.64. The third-order valence-electron chi connectivity index (χ3n) is 8.62. The summed E-state index contributed by atoms with van der Waals surface area (Å²) in [6.45, 7) is 9.60. The third kappa shape index (κ3) is 4.12. The van der Waals surface area contributed by atoms with Gasteiger partial charge in [-0.05, 0) is 50.7 Å². The van der Waals surface area contributed by atoms with E-state index in [-0.39, 0.29) is 36.3 Å². The smallest absolute Gasteiger partial charge is 0.246 e. The van der Waals surface area contributed by atoms with Crippen molar-refractivity contribution in [2.75, 3.05) is 11.9 Å². The molecule has 8 heteroatoms. The quantitative estimate of drug-likeness (QED) is 0.459. The molecule has 1 spiro atoms. The molecule has 36 heavy (non-hydrogen) atoms. The van der Waals surface area contributed by atoms with Crippen molar-refractivity contribution in [3.05, 3.63) is 30.3 Å². The highest BCUT2D eigenvalue weighted by molar-refractivity contribution is 6.02. The lowest BCUT2D eigenvalue weighted by molar-refractivity contribution is -0.151. The van der Waals surface area contributed by atoms with Gasteiger partial charge in [0.05, 0.1) is 30.1 Å². The fourth-order valence-corrected chi connectivity index (χ4v) is 6.90. The number of likely N-dealkylation sites (tertiary alicyclic amines) is 1. The van der Waals surface area contributed by atoms with E-state index in [1.54, 1.807) is 4.90 Å². The minimum atomic E-state index is -1.09. The third-order valence-corrected chi connectivity index (χ3v) is 8.62. The first-order chi connectivity index (χ1) is 17.2. The number of aliphatic hydroxyl groups excluding tert-OH is 1. The Labute approximate surface area is 214 Å². The molecule has 3 fully saturated rings. The largest absolute Gasteiger partial charge is 0.394 e. The Morgan fingerprint density at radius 1 is 1.14 bits per heavy atom. The molecule has 0 aromatic heterocycles. The summed E-state index contributed by atoms with van der Waals surface area (Å²) in [4.78, 5) is 43.4. The maximum atomic E-state index is 14.2. The first-order valence-corrected chi connectivity index (χ1v) is 13.4. The van der Waals surface area contributed by atoms with E-state index in [0.29, 0.717) is 24.9 Å². The molecule has 3 heterocycles. The molecule has 3 amide bonds. The number of amides is 3. The average molecular weight is 500 g/mol. The van der Waals surface area contributed by atoms with Crippen molar-refractivity contribution < 1.29 is 24.2 Å². The van der Waals surface area contributed by atoms with Crippen LogP contribution in [0.25, 0.3) is 0 Å². The number of hydrogen-bond donors (Lipinski definition) is 3. The Bertz CT molecular complexity index is 985. The van der Waals surface area contributed by atoms with E-state index in [9.17, 15) is 19.5 Å². The molecule has 2 bridgehead atoms. The van der Waals surface area contributed by atoms with Gasteiger partial charge in [-0.3, -0.25) is 14.4 Å². The zero-order valence-corrected chi connectivity index (χ0v) is 22.1. The van der Waals surface area contributed by atoms with Crippen molar-refractivity contribution >= 4 is 23.4 Å². The summed E-state index contributed by atoms with van der Waals surface area (Å²) in [5, 5.41) is 16.4. The molecule has 1 aromatic carbocycles. The lowest BCUT2D eigenvalue weighted by Crippen LogP contribution is -2.59. The first kappa shape index (κ1) is 26.6. The second kappa shape index (κ2) is 10.1. The summed E-state index contributed by atoms with van der Waals surface area (Å²) >= 11 is 0. The fraction of sp³-hybridized carbons (Fsp3) is 0.679. The van der Waals surface area contributed by atoms with Crippen LogP contribution in [0.3, 0.4) is 0 Å². The van der Waals surface area contributed by atoms with Gasteiger partial charge in [0.2, 0.25) is 17.7 Å². The minimum Gasteiger partial charge on any atom is -0.394 e. The number of ether oxygens (including phenoxy) is 1. The monoisotopic (exact) mass is 499 g/mol. The first-order valence-electron chi connectivity index (χ1n) is 13.4. The van der Waals surface area contributed by atoms with E-state index < -0.39 is 35.1 Å². The van der Waals surface area contributed by atoms with Gasteiger partial charge < -0.3 is 25.4 Å². The van der Waals surface area contributed by atoms with Gasteiger partial charge in [0, 0.05) is 11.7 Å². The number of carbonyl (C=O) groups excluding carboxylic acids is 3. The Balaban J connectivity index is 1.77. The Morgan fingerprint density at radius 2 is 1.83 bits per heavy atom. The summed E-state index contributed by atoms with van der Waals surface area (Å²) < 4.78 is 6.78. The lowest BCUT2D eigenvalue weighted by Gasteiger charge is -2.39. The number of nitrogens with zero attached hydrogens (tertiary/aromatic N) is 1. The molecule has 3 saturated heterocycles. The summed E-state index contributed by atoms with van der Waals surface area (Å²) in [5.74, 6) is -2.36. The zero-order chi connectivity index (χ0) is 26.3. The van der Waals surface area contributed by atoms with E-state index in [2.05, 4.69) is 17.6 Å². The van der Waals surface area contributed by atoms with E-state index in [1.165, 1.54) is 0 Å². The molecular formula is C28H41N3O5. The van der Waals surface area contributed by atoms with Crippen LogP contribution in [-0.4, -0.2) is 63.7 Å². The number of hydrogen-bond acceptors (Lipinski definition) is 5. The summed E-state index contributed by atoms with van der Waals surface area (Å²) in [5.41, 5.74) is -1.24. The number of aliphatic hydroxyl groups is 1. The van der Waals surface area contributed by atoms with Crippen molar-refractivity contribution in [3.63, 3.8) is 0 Å². The summed E-state index contributed by atoms with van der Waals surface area (Å²) in [6.07, 6.45) is 3.44. The van der Waals surface area contributed by atoms with Crippen molar-refractivity contribution in [2.45, 2.75) is 96.1 Å². The number of nitrogens with one attached hydrogen (secondary N) is 2. The average Bonchev–Trinajstić information content (AvgIpc) is 3.44. The van der Waals surface area contributed by atoms with Gasteiger partial charge in [0.25, 0.3) is 0 Å². The van der Waals surface area contributed by atoms with Gasteiger partial charge in [-0.25, -0.2) is 0 Å². The fourth-order valence-electron chi connectivity index (χ4n) is 6.90. The van der Waals surface area contributed by atoms with Crippen LogP contribution in [-0.2, 0) is 19.1 Å². The SMILES string of the molecule is CCCC(C)NC(=O)C1N([C@@H](CO)C(C)C)C(=O)[C@@H]2[C@@H](C(=O)Nc3ccccc3)[C@@]3(CC)CCC12O3. The topological polar surface area (TPSA) is 108 Å². The molecule has 8 nitrogen and oxygen atoms in total. The lowest BCUT2D eigenvalue weighted by atomic mass is 9.65. The second-order valence-electron chi connectivity index (χ2n) is 11.1. The van der Waals surface area contributed by atoms with Crippen molar-refractivity contribution in [1.29, 1.82) is 0 Å². The predicted molar refractivity (Wildman–Crippen MR) is 137 cm³/mol. The molecule has 7 atom stereocenters. The van der Waals surface area contributed by atoms with E-state index in [4.69, 9.17) is 4.74 Å². The Morgan fingerprint density at radius 3 is 2.42 bits per heavy atom. The number of fused-ring (bicyclic) bond motifs is 1. The summed E-state index contributed by atoms with van der Waals surface area (Å²) in [7, 11) is 0. The summed E-state index contributed by atoms with van der Waals surface area (Å²) in [6, 6.07) is 7.70. The number of benzene rings is 1. The van der Waals surface area contributed by atoms with E-state index in [0.717, 1.165) is 12.8 Å². The van der Waals surface area contributed by atoms with Gasteiger partial charge in [0.1, 0.15) is 11.6 Å². The van der Waals surface area contributed by atoms with Crippen LogP contribution >= 0.6 is 0 Å². The molecule has 3 unspecified atom stereocenters. The maximum absolute atomic E-state index is 14.2. The molecule has 3 N–H and O–H groups in total. The van der Waals surface area contributed by atoms with Gasteiger partial charge >= 0.3 is 0 Å². The molecule has 0 aliphatic carbocycles. The maximum Gasteiger partial charge on any atom is 0.246 e. The van der Waals surface area contributed by atoms with Crippen LogP contribution in [0.15, 0.2) is 30.3 Å². The molecule has 4 rings (SSSR count). The standard InChI is InChI=1S/C28H41N3O5/c1-6-11-18(5)29-25(34)23-28-15-14-27(7-2,36-28)21(24(33)30-19-12-9-8-10-13-19)22(28)26(35)31(23)20(16-32)17(3)4/h8-10,12-13,17-18,20-23,32H,6-7,11,14-16H2,1-5H3,(H,29,34)(H,30,33)/t18?,20-,21-,22-,23?,27+,28?/m0/s1. The van der Waals surface area contributed by atoms with Crippen LogP contribution in [0.1, 0.15) is 66.7 Å². The van der Waals surface area contributed by atoms with Gasteiger partial charge in [0.15, 0.2) is 0 Å². The van der Waals surface area contributed by atoms with Crippen molar-refractivity contribution in [1.82, 2.24) is 10.2 Å². The van der Waals surface area contributed by atoms with Crippen LogP contribution in [0.2, 0.25) is 0 Å². The molecule has 0 radical (unpaired) electrons. The van der Waals surface area contributed by atoms with E-state index in [1.807, 2.05) is 58.0 Å². The molecule has 198 valence electrons. The molecule has 1 aromatic rings. The normalized spacial score (nSPS) is 32.5. The van der Waals surface area contributed by atoms with Crippen molar-refractivity contribution in [2.24, 2.45) is 17.8 Å². The van der Waals surface area contributed by atoms with E-state index >= 15 is 0 Å². The van der Waals surface area contributed by atoms with Crippen LogP contribution in [0.4, 0.5) is 5.69 Å². The number of para-hydroxylation sites is 1. The molecule has 3 aliphatic heterocycles. The minimum absolute atomic E-state index is 0.0579.